The Labute approximate surface area is 187 Å². The molecule has 0 spiro atoms. The Hall–Kier alpha value is -4.10. The van der Waals surface area contributed by atoms with Crippen molar-refractivity contribution in [2.24, 2.45) is 0 Å². The summed E-state index contributed by atoms with van der Waals surface area (Å²) in [5.41, 5.74) is 11.5. The highest BCUT2D eigenvalue weighted by molar-refractivity contribution is 6.04. The van der Waals surface area contributed by atoms with Gasteiger partial charge in [0.25, 0.3) is 5.91 Å². The van der Waals surface area contributed by atoms with Gasteiger partial charge in [-0.05, 0) is 64.2 Å². The quantitative estimate of drug-likeness (QED) is 0.447. The van der Waals surface area contributed by atoms with Gasteiger partial charge in [0, 0.05) is 35.1 Å². The van der Waals surface area contributed by atoms with Gasteiger partial charge in [0.15, 0.2) is 0 Å². The average Bonchev–Trinajstić information content (AvgIpc) is 3.36. The largest absolute Gasteiger partial charge is 0.399 e. The maximum Gasteiger partial charge on any atom is 0.256 e. The highest BCUT2D eigenvalue weighted by Gasteiger charge is 2.43. The first-order valence-corrected chi connectivity index (χ1v) is 10.4. The van der Waals surface area contributed by atoms with Crippen LogP contribution < -0.4 is 11.1 Å². The number of rotatable bonds is 3. The summed E-state index contributed by atoms with van der Waals surface area (Å²) in [6.07, 6.45) is 0.931. The minimum absolute atomic E-state index is 0.236. The molecule has 0 fully saturated rings. The van der Waals surface area contributed by atoms with Crippen molar-refractivity contribution in [3.8, 4) is 11.1 Å². The summed E-state index contributed by atoms with van der Waals surface area (Å²) in [6, 6.07) is 17.9. The molecule has 2 aliphatic heterocycles. The number of carbonyl (C=O) groups excluding carboxylic acids is 1. The molecular weight excluding hydrogens is 424 g/mol. The number of halogens is 2. The van der Waals surface area contributed by atoms with E-state index >= 15 is 0 Å². The number of aromatic nitrogens is 1. The van der Waals surface area contributed by atoms with Crippen molar-refractivity contribution >= 4 is 17.4 Å². The van der Waals surface area contributed by atoms with Gasteiger partial charge in [-0.3, -0.25) is 4.79 Å². The van der Waals surface area contributed by atoms with E-state index in [0.29, 0.717) is 28.2 Å². The molecule has 2 bridgehead atoms. The maximum atomic E-state index is 14.3. The zero-order valence-electron chi connectivity index (χ0n) is 17.2. The Balaban J connectivity index is 1.33. The molecule has 6 rings (SSSR count). The summed E-state index contributed by atoms with van der Waals surface area (Å²) in [5, 5.41) is 2.75. The summed E-state index contributed by atoms with van der Waals surface area (Å²) in [5.74, 6) is -1.17. The second-order valence-electron chi connectivity index (χ2n) is 8.14. The standard InChI is InChI=1S/C26H17F2N3O2/c27-15-3-6-17(22(28)11-15)13-1-4-18-20(9-13)25-21-10-14(2-5-19(21)24(18)33-25)26(32)31-23-12-16(29)7-8-30-23/h1-12,24-25H,(H3,29,30,31,32). The molecule has 2 unspecified atom stereocenters. The monoisotopic (exact) mass is 441 g/mol. The lowest BCUT2D eigenvalue weighted by atomic mass is 9.83. The summed E-state index contributed by atoms with van der Waals surface area (Å²) < 4.78 is 33.9. The van der Waals surface area contributed by atoms with E-state index < -0.39 is 11.6 Å². The number of carbonyl (C=O) groups is 1. The third kappa shape index (κ3) is 3.16. The Bertz CT molecular complexity index is 1450. The molecule has 3 heterocycles. The molecule has 5 nitrogen and oxygen atoms in total. The lowest BCUT2D eigenvalue weighted by molar-refractivity contribution is 0.0857. The van der Waals surface area contributed by atoms with Crippen LogP contribution >= 0.6 is 0 Å². The number of nitrogens with one attached hydrogen (secondary N) is 1. The van der Waals surface area contributed by atoms with Crippen LogP contribution in [-0.4, -0.2) is 10.9 Å². The molecule has 7 heteroatoms. The first kappa shape index (κ1) is 19.6. The second kappa shape index (κ2) is 7.21. The van der Waals surface area contributed by atoms with Crippen molar-refractivity contribution in [3.05, 3.63) is 112 Å². The third-order valence-corrected chi connectivity index (χ3v) is 6.11. The predicted octanol–water partition coefficient (Wildman–Crippen LogP) is 5.38. The van der Waals surface area contributed by atoms with E-state index in [1.54, 1.807) is 18.2 Å². The van der Waals surface area contributed by atoms with Crippen molar-refractivity contribution in [2.75, 3.05) is 11.1 Å². The van der Waals surface area contributed by atoms with E-state index in [9.17, 15) is 13.6 Å². The van der Waals surface area contributed by atoms with E-state index in [2.05, 4.69) is 10.3 Å². The lowest BCUT2D eigenvalue weighted by Crippen LogP contribution is -2.14. The number of hydrogen-bond acceptors (Lipinski definition) is 4. The SMILES string of the molecule is Nc1ccnc(NC(=O)c2ccc3c(c2)C2OC3c3ccc(-c4ccc(F)cc4F)cc32)c1. The van der Waals surface area contributed by atoms with Gasteiger partial charge >= 0.3 is 0 Å². The molecule has 3 N–H and O–H groups in total. The second-order valence-corrected chi connectivity index (χ2v) is 8.14. The summed E-state index contributed by atoms with van der Waals surface area (Å²) in [7, 11) is 0. The van der Waals surface area contributed by atoms with Crippen molar-refractivity contribution in [1.82, 2.24) is 4.98 Å². The molecule has 1 amide bonds. The van der Waals surface area contributed by atoms with Crippen LogP contribution in [0.15, 0.2) is 72.9 Å². The van der Waals surface area contributed by atoms with Crippen molar-refractivity contribution in [1.29, 1.82) is 0 Å². The summed E-state index contributed by atoms with van der Waals surface area (Å²) >= 11 is 0. The Morgan fingerprint density at radius 2 is 1.64 bits per heavy atom. The number of nitrogen functional groups attached to an aromatic ring is 1. The van der Waals surface area contributed by atoms with Gasteiger partial charge in [-0.25, -0.2) is 13.8 Å². The molecule has 2 aliphatic rings. The average molecular weight is 441 g/mol. The van der Waals surface area contributed by atoms with E-state index in [4.69, 9.17) is 10.5 Å². The van der Waals surface area contributed by atoms with Gasteiger partial charge in [-0.1, -0.05) is 18.2 Å². The molecule has 4 aromatic rings. The van der Waals surface area contributed by atoms with Crippen LogP contribution in [0.2, 0.25) is 0 Å². The smallest absolute Gasteiger partial charge is 0.256 e. The number of benzene rings is 3. The van der Waals surface area contributed by atoms with Crippen LogP contribution in [0.5, 0.6) is 0 Å². The first-order chi connectivity index (χ1) is 16.0. The van der Waals surface area contributed by atoms with E-state index in [-0.39, 0.29) is 18.1 Å². The normalized spacial score (nSPS) is 17.5. The first-order valence-electron chi connectivity index (χ1n) is 10.4. The van der Waals surface area contributed by atoms with Crippen molar-refractivity contribution in [3.63, 3.8) is 0 Å². The zero-order valence-corrected chi connectivity index (χ0v) is 17.2. The molecule has 1 aromatic heterocycles. The van der Waals surface area contributed by atoms with E-state index in [1.165, 1.54) is 18.3 Å². The van der Waals surface area contributed by atoms with Crippen molar-refractivity contribution in [2.45, 2.75) is 12.2 Å². The fraction of sp³-hybridized carbons (Fsp3) is 0.0769. The van der Waals surface area contributed by atoms with Gasteiger partial charge in [0.2, 0.25) is 0 Å². The van der Waals surface area contributed by atoms with E-state index in [0.717, 1.165) is 28.3 Å². The highest BCUT2D eigenvalue weighted by Crippen LogP contribution is 2.54. The number of fused-ring (bicyclic) bond motifs is 8. The summed E-state index contributed by atoms with van der Waals surface area (Å²) in [4.78, 5) is 16.9. The lowest BCUT2D eigenvalue weighted by Gasteiger charge is -2.18. The molecule has 33 heavy (non-hydrogen) atoms. The Morgan fingerprint density at radius 1 is 0.879 bits per heavy atom. The third-order valence-electron chi connectivity index (χ3n) is 6.11. The van der Waals surface area contributed by atoms with Crippen LogP contribution in [0.3, 0.4) is 0 Å². The van der Waals surface area contributed by atoms with Gasteiger partial charge in [-0.15, -0.1) is 0 Å². The van der Waals surface area contributed by atoms with Crippen LogP contribution in [-0.2, 0) is 4.74 Å². The minimum Gasteiger partial charge on any atom is -0.399 e. The number of hydrogen-bond donors (Lipinski definition) is 2. The Kier molecular flexibility index (Phi) is 4.28. The molecule has 3 aromatic carbocycles. The van der Waals surface area contributed by atoms with E-state index in [1.807, 2.05) is 30.3 Å². The van der Waals surface area contributed by atoms with Gasteiger partial charge in [0.05, 0.1) is 0 Å². The zero-order chi connectivity index (χ0) is 22.7. The van der Waals surface area contributed by atoms with Crippen LogP contribution in [0, 0.1) is 11.6 Å². The number of amides is 1. The fourth-order valence-electron chi connectivity index (χ4n) is 4.58. The molecule has 0 aliphatic carbocycles. The maximum absolute atomic E-state index is 14.3. The van der Waals surface area contributed by atoms with Gasteiger partial charge < -0.3 is 15.8 Å². The highest BCUT2D eigenvalue weighted by atomic mass is 19.1. The van der Waals surface area contributed by atoms with Gasteiger partial charge in [-0.2, -0.15) is 0 Å². The van der Waals surface area contributed by atoms with Crippen LogP contribution in [0.1, 0.15) is 44.8 Å². The number of pyridine rings is 1. The minimum atomic E-state index is -0.618. The number of anilines is 2. The van der Waals surface area contributed by atoms with Crippen LogP contribution in [0.4, 0.5) is 20.3 Å². The molecule has 0 radical (unpaired) electrons. The molecule has 0 saturated carbocycles. The molecule has 0 saturated heterocycles. The number of nitrogens with two attached hydrogens (primary N) is 1. The fourth-order valence-corrected chi connectivity index (χ4v) is 4.58. The number of nitrogens with zero attached hydrogens (tertiary/aromatic N) is 1. The summed E-state index contributed by atoms with van der Waals surface area (Å²) in [6.45, 7) is 0. The number of ether oxygens (including phenoxy) is 1. The molecular formula is C26H17F2N3O2. The van der Waals surface area contributed by atoms with Gasteiger partial charge in [0.1, 0.15) is 29.7 Å². The topological polar surface area (TPSA) is 77.2 Å². The molecule has 162 valence electrons. The predicted molar refractivity (Wildman–Crippen MR) is 120 cm³/mol. The van der Waals surface area contributed by atoms with Crippen LogP contribution in [0.25, 0.3) is 11.1 Å². The van der Waals surface area contributed by atoms with Crippen molar-refractivity contribution < 1.29 is 18.3 Å². The Morgan fingerprint density at radius 3 is 2.42 bits per heavy atom. The molecule has 2 atom stereocenters.